The van der Waals surface area contributed by atoms with Crippen LogP contribution in [0.15, 0.2) is 11.6 Å². The first-order valence-corrected chi connectivity index (χ1v) is 3.24. The third-order valence-corrected chi connectivity index (χ3v) is 1.25. The average Bonchev–Trinajstić information content (AvgIpc) is 1.87. The minimum Gasteiger partial charge on any atom is -0.389 e. The second-order valence-corrected chi connectivity index (χ2v) is 2.19. The number of amides is 1. The summed E-state index contributed by atoms with van der Waals surface area (Å²) in [7, 11) is 0. The number of primary amides is 1. The molecule has 3 nitrogen and oxygen atoms in total. The maximum atomic E-state index is 10.4. The molecule has 1 amide bonds. The van der Waals surface area contributed by atoms with Crippen LogP contribution in [0.3, 0.4) is 0 Å². The lowest BCUT2D eigenvalue weighted by Gasteiger charge is -2.00. The van der Waals surface area contributed by atoms with Gasteiger partial charge >= 0.3 is 0 Å². The number of aliphatic hydroxyl groups is 1. The lowest BCUT2D eigenvalue weighted by atomic mass is 10.2. The second kappa shape index (κ2) is 4.06. The fraction of sp³-hybridized carbons (Fsp3) is 0.571. The van der Waals surface area contributed by atoms with Gasteiger partial charge in [0.1, 0.15) is 0 Å². The summed E-state index contributed by atoms with van der Waals surface area (Å²) in [6.07, 6.45) is 1.51. The van der Waals surface area contributed by atoms with Crippen molar-refractivity contribution >= 4 is 5.91 Å². The van der Waals surface area contributed by atoms with Crippen LogP contribution in [0.4, 0.5) is 0 Å². The van der Waals surface area contributed by atoms with E-state index in [1.54, 1.807) is 6.92 Å². The van der Waals surface area contributed by atoms with Crippen molar-refractivity contribution in [2.75, 3.05) is 0 Å². The van der Waals surface area contributed by atoms with E-state index in [4.69, 9.17) is 10.8 Å². The van der Waals surface area contributed by atoms with Gasteiger partial charge in [0.2, 0.25) is 5.91 Å². The minimum atomic E-state index is -0.549. The Hall–Kier alpha value is -0.830. The maximum absolute atomic E-state index is 10.4. The van der Waals surface area contributed by atoms with Gasteiger partial charge in [-0.1, -0.05) is 6.92 Å². The van der Waals surface area contributed by atoms with Crippen LogP contribution in [0.25, 0.3) is 0 Å². The number of hydrogen-bond acceptors (Lipinski definition) is 2. The highest BCUT2D eigenvalue weighted by molar-refractivity contribution is 5.91. The molecule has 0 bridgehead atoms. The van der Waals surface area contributed by atoms with Crippen molar-refractivity contribution in [3.63, 3.8) is 0 Å². The molecule has 0 aliphatic heterocycles. The maximum Gasteiger partial charge on any atom is 0.244 e. The molecular weight excluding hydrogens is 130 g/mol. The molecule has 58 valence electrons. The van der Waals surface area contributed by atoms with Gasteiger partial charge in [-0.15, -0.1) is 0 Å². The molecule has 3 heteroatoms. The van der Waals surface area contributed by atoms with Crippen LogP contribution in [0.2, 0.25) is 0 Å². The smallest absolute Gasteiger partial charge is 0.244 e. The zero-order chi connectivity index (χ0) is 8.15. The van der Waals surface area contributed by atoms with E-state index < -0.39 is 12.0 Å². The number of carbonyl (C=O) groups is 1. The number of aliphatic hydroxyl groups excluding tert-OH is 1. The summed E-state index contributed by atoms with van der Waals surface area (Å²) >= 11 is 0. The predicted octanol–water partition coefficient (Wildman–Crippen LogP) is 0.189. The molecule has 0 aromatic carbocycles. The number of rotatable bonds is 3. The topological polar surface area (TPSA) is 63.3 Å². The van der Waals surface area contributed by atoms with Gasteiger partial charge in [0, 0.05) is 5.57 Å². The SMILES string of the molecule is CCC(O)/C=C(\C)C(N)=O. The number of nitrogens with two attached hydrogens (primary N) is 1. The Bertz CT molecular complexity index is 152. The summed E-state index contributed by atoms with van der Waals surface area (Å²) in [5.74, 6) is -0.479. The van der Waals surface area contributed by atoms with E-state index in [1.807, 2.05) is 6.92 Å². The van der Waals surface area contributed by atoms with E-state index in [0.29, 0.717) is 12.0 Å². The monoisotopic (exact) mass is 143 g/mol. The van der Waals surface area contributed by atoms with Crippen LogP contribution >= 0.6 is 0 Å². The first-order valence-electron chi connectivity index (χ1n) is 3.24. The molecule has 0 saturated carbocycles. The van der Waals surface area contributed by atoms with Crippen LogP contribution in [0, 0.1) is 0 Å². The first kappa shape index (κ1) is 9.17. The summed E-state index contributed by atoms with van der Waals surface area (Å²) in [5, 5.41) is 8.99. The zero-order valence-electron chi connectivity index (χ0n) is 6.29. The molecule has 0 fully saturated rings. The van der Waals surface area contributed by atoms with Crippen molar-refractivity contribution in [1.29, 1.82) is 0 Å². The van der Waals surface area contributed by atoms with E-state index in [9.17, 15) is 4.79 Å². The Labute approximate surface area is 60.5 Å². The van der Waals surface area contributed by atoms with Gasteiger partial charge in [-0.05, 0) is 19.4 Å². The molecule has 1 atom stereocenters. The van der Waals surface area contributed by atoms with Crippen LogP contribution < -0.4 is 5.73 Å². The highest BCUT2D eigenvalue weighted by Gasteiger charge is 2.00. The van der Waals surface area contributed by atoms with Crippen LogP contribution in [-0.2, 0) is 4.79 Å². The van der Waals surface area contributed by atoms with E-state index >= 15 is 0 Å². The van der Waals surface area contributed by atoms with Crippen molar-refractivity contribution in [2.24, 2.45) is 5.73 Å². The summed E-state index contributed by atoms with van der Waals surface area (Å²) in [6, 6.07) is 0. The lowest BCUT2D eigenvalue weighted by molar-refractivity contribution is -0.114. The molecule has 0 aromatic rings. The van der Waals surface area contributed by atoms with Gasteiger partial charge < -0.3 is 10.8 Å². The molecule has 10 heavy (non-hydrogen) atoms. The fourth-order valence-corrected chi connectivity index (χ4v) is 0.489. The van der Waals surface area contributed by atoms with Crippen molar-refractivity contribution in [2.45, 2.75) is 26.4 Å². The van der Waals surface area contributed by atoms with Crippen LogP contribution in [0.5, 0.6) is 0 Å². The molecule has 0 radical (unpaired) electrons. The van der Waals surface area contributed by atoms with E-state index in [-0.39, 0.29) is 0 Å². The van der Waals surface area contributed by atoms with Crippen molar-refractivity contribution in [1.82, 2.24) is 0 Å². The van der Waals surface area contributed by atoms with Crippen molar-refractivity contribution in [3.8, 4) is 0 Å². The van der Waals surface area contributed by atoms with Gasteiger partial charge in [0.05, 0.1) is 6.10 Å². The molecular formula is C7H13NO2. The molecule has 1 unspecified atom stereocenters. The number of hydrogen-bond donors (Lipinski definition) is 2. The Morgan fingerprint density at radius 1 is 1.80 bits per heavy atom. The second-order valence-electron chi connectivity index (χ2n) is 2.19. The van der Waals surface area contributed by atoms with Crippen molar-refractivity contribution < 1.29 is 9.90 Å². The van der Waals surface area contributed by atoms with E-state index in [0.717, 1.165) is 0 Å². The van der Waals surface area contributed by atoms with Gasteiger partial charge in [-0.25, -0.2) is 0 Å². The Balaban J connectivity index is 4.02. The fourth-order valence-electron chi connectivity index (χ4n) is 0.489. The highest BCUT2D eigenvalue weighted by Crippen LogP contribution is 1.97. The third-order valence-electron chi connectivity index (χ3n) is 1.25. The Kier molecular flexibility index (Phi) is 3.72. The Morgan fingerprint density at radius 2 is 2.30 bits per heavy atom. The summed E-state index contributed by atoms with van der Waals surface area (Å²) in [5.41, 5.74) is 5.33. The molecule has 0 aliphatic carbocycles. The quantitative estimate of drug-likeness (QED) is 0.554. The molecule has 0 aromatic heterocycles. The normalized spacial score (nSPS) is 14.9. The minimum absolute atomic E-state index is 0.411. The van der Waals surface area contributed by atoms with Gasteiger partial charge in [0.25, 0.3) is 0 Å². The third kappa shape index (κ3) is 3.25. The molecule has 3 N–H and O–H groups in total. The number of carbonyl (C=O) groups excluding carboxylic acids is 1. The van der Waals surface area contributed by atoms with Gasteiger partial charge in [0.15, 0.2) is 0 Å². The summed E-state index contributed by atoms with van der Waals surface area (Å²) in [4.78, 5) is 10.4. The standard InChI is InChI=1S/C7H13NO2/c1-3-6(9)4-5(2)7(8)10/h4,6,9H,3H2,1-2H3,(H2,8,10)/b5-4+. The zero-order valence-corrected chi connectivity index (χ0v) is 6.29. The molecule has 0 spiro atoms. The van der Waals surface area contributed by atoms with E-state index in [1.165, 1.54) is 6.08 Å². The van der Waals surface area contributed by atoms with Gasteiger partial charge in [-0.2, -0.15) is 0 Å². The average molecular weight is 143 g/mol. The predicted molar refractivity (Wildman–Crippen MR) is 39.2 cm³/mol. The highest BCUT2D eigenvalue weighted by atomic mass is 16.3. The Morgan fingerprint density at radius 3 is 2.60 bits per heavy atom. The van der Waals surface area contributed by atoms with Crippen LogP contribution in [0.1, 0.15) is 20.3 Å². The summed E-state index contributed by atoms with van der Waals surface area (Å²) in [6.45, 7) is 3.41. The van der Waals surface area contributed by atoms with Crippen LogP contribution in [-0.4, -0.2) is 17.1 Å². The largest absolute Gasteiger partial charge is 0.389 e. The molecule has 0 saturated heterocycles. The molecule has 0 rings (SSSR count). The van der Waals surface area contributed by atoms with E-state index in [2.05, 4.69) is 0 Å². The van der Waals surface area contributed by atoms with Crippen molar-refractivity contribution in [3.05, 3.63) is 11.6 Å². The first-order chi connectivity index (χ1) is 4.57. The molecule has 0 aliphatic rings. The van der Waals surface area contributed by atoms with Gasteiger partial charge in [-0.3, -0.25) is 4.79 Å². The summed E-state index contributed by atoms with van der Waals surface area (Å²) < 4.78 is 0. The molecule has 0 heterocycles. The lowest BCUT2D eigenvalue weighted by Crippen LogP contribution is -2.14.